The average Bonchev–Trinajstić information content (AvgIpc) is 2.72. The number of amides is 2. The molecule has 0 radical (unpaired) electrons. The van der Waals surface area contributed by atoms with E-state index in [4.69, 9.17) is 9.47 Å². The molecule has 0 bridgehead atoms. The van der Waals surface area contributed by atoms with Crippen LogP contribution < -0.4 is 0 Å². The van der Waals surface area contributed by atoms with Crippen molar-refractivity contribution >= 4 is 11.8 Å². The van der Waals surface area contributed by atoms with E-state index in [1.165, 1.54) is 0 Å². The largest absolute Gasteiger partial charge is 0.416 e. The summed E-state index contributed by atoms with van der Waals surface area (Å²) < 4.78 is 64.5. The van der Waals surface area contributed by atoms with E-state index in [1.807, 2.05) is 0 Å². The van der Waals surface area contributed by atoms with Crippen LogP contribution in [0.1, 0.15) is 30.9 Å². The van der Waals surface area contributed by atoms with E-state index in [2.05, 4.69) is 0 Å². The van der Waals surface area contributed by atoms with Crippen molar-refractivity contribution in [2.45, 2.75) is 50.8 Å². The van der Waals surface area contributed by atoms with Crippen molar-refractivity contribution in [1.29, 1.82) is 0 Å². The minimum atomic E-state index is -4.68. The van der Waals surface area contributed by atoms with E-state index in [0.29, 0.717) is 25.9 Å². The number of halogens is 4. The third kappa shape index (κ3) is 4.41. The van der Waals surface area contributed by atoms with Crippen LogP contribution in [0.2, 0.25) is 0 Å². The smallest absolute Gasteiger partial charge is 0.370 e. The first-order valence-electron chi connectivity index (χ1n) is 10.3. The van der Waals surface area contributed by atoms with Gasteiger partial charge in [0.15, 0.2) is 5.78 Å². The summed E-state index contributed by atoms with van der Waals surface area (Å²) in [6.07, 6.45) is -4.10. The number of piperidine rings is 1. The van der Waals surface area contributed by atoms with Crippen molar-refractivity contribution in [3.8, 4) is 0 Å². The molecule has 3 heterocycles. The number of urea groups is 1. The fourth-order valence-corrected chi connectivity index (χ4v) is 4.51. The number of carbonyl (C=O) groups excluding carboxylic acids is 2. The molecule has 0 spiro atoms. The highest BCUT2D eigenvalue weighted by Crippen LogP contribution is 2.35. The molecule has 6 nitrogen and oxygen atoms in total. The van der Waals surface area contributed by atoms with Gasteiger partial charge in [0, 0.05) is 31.0 Å². The molecule has 2 unspecified atom stereocenters. The number of Topliss-reactive ketones (excluding diaryl/α,β-unsaturated/α-hetero) is 1. The summed E-state index contributed by atoms with van der Waals surface area (Å²) >= 11 is 0. The topological polar surface area (TPSA) is 59.1 Å². The molecule has 0 N–H and O–H groups in total. The molecule has 4 rings (SSSR count). The number of fused-ring (bicyclic) bond motifs is 1. The fraction of sp³-hybridized carbons (Fsp3) is 0.619. The Balaban J connectivity index is 1.33. The van der Waals surface area contributed by atoms with Crippen LogP contribution in [0.25, 0.3) is 0 Å². The molecule has 3 saturated heterocycles. The number of rotatable bonds is 3. The molecule has 2 amide bonds. The maximum atomic E-state index is 14.0. The predicted molar refractivity (Wildman–Crippen MR) is 101 cm³/mol. The lowest BCUT2D eigenvalue weighted by molar-refractivity contribution is -0.142. The number of ketones is 1. The van der Waals surface area contributed by atoms with Gasteiger partial charge in [-0.2, -0.15) is 13.2 Å². The van der Waals surface area contributed by atoms with Gasteiger partial charge in [0.2, 0.25) is 0 Å². The zero-order valence-corrected chi connectivity index (χ0v) is 17.0. The highest BCUT2D eigenvalue weighted by molar-refractivity contribution is 5.81. The van der Waals surface area contributed by atoms with Gasteiger partial charge in [-0.25, -0.2) is 9.18 Å². The number of ether oxygens (including phenoxy) is 2. The van der Waals surface area contributed by atoms with Gasteiger partial charge in [-0.1, -0.05) is 6.07 Å². The van der Waals surface area contributed by atoms with Crippen LogP contribution in [0.15, 0.2) is 18.2 Å². The van der Waals surface area contributed by atoms with Crippen LogP contribution in [0, 0.1) is 11.7 Å². The number of hydrogen-bond acceptors (Lipinski definition) is 4. The molecule has 0 aromatic heterocycles. The second kappa shape index (κ2) is 8.38. The second-order valence-electron chi connectivity index (χ2n) is 8.38. The molecule has 4 atom stereocenters. The lowest BCUT2D eigenvalue weighted by atomic mass is 9.88. The van der Waals surface area contributed by atoms with Crippen molar-refractivity contribution in [1.82, 2.24) is 9.80 Å². The summed E-state index contributed by atoms with van der Waals surface area (Å²) in [7, 11) is 0. The molecule has 3 aliphatic rings. The van der Waals surface area contributed by atoms with Gasteiger partial charge in [0.1, 0.15) is 12.4 Å². The van der Waals surface area contributed by atoms with E-state index >= 15 is 0 Å². The molecule has 170 valence electrons. The van der Waals surface area contributed by atoms with Crippen molar-refractivity contribution in [2.75, 3.05) is 26.2 Å². The standard InChI is InChI=1S/C21H24F4N2O4/c1-12-19(31-11-15-16(21(23,24)25)3-2-4-17(15)22)9-27(12)20(29)26-6-5-18-13(8-26)7-14(28)10-30-18/h2-4,12-13,18-19H,5-11H2,1H3/t12?,13-,18+,19?/m1/s1. The van der Waals surface area contributed by atoms with Crippen molar-refractivity contribution in [3.05, 3.63) is 35.1 Å². The van der Waals surface area contributed by atoms with Gasteiger partial charge < -0.3 is 19.3 Å². The molecule has 3 aliphatic heterocycles. The SMILES string of the molecule is CC1C(OCc2c(F)cccc2C(F)(F)F)CN1C(=O)N1CC[C@@H]2OCC(=O)C[C@@H]2C1. The van der Waals surface area contributed by atoms with Gasteiger partial charge in [-0.15, -0.1) is 0 Å². The van der Waals surface area contributed by atoms with Gasteiger partial charge in [-0.3, -0.25) is 4.79 Å². The highest BCUT2D eigenvalue weighted by atomic mass is 19.4. The Labute approximate surface area is 177 Å². The summed E-state index contributed by atoms with van der Waals surface area (Å²) in [6, 6.07) is 2.27. The van der Waals surface area contributed by atoms with Gasteiger partial charge in [0.25, 0.3) is 0 Å². The molecule has 0 aliphatic carbocycles. The Morgan fingerprint density at radius 2 is 2.06 bits per heavy atom. The summed E-state index contributed by atoms with van der Waals surface area (Å²) in [5.74, 6) is -0.945. The average molecular weight is 444 g/mol. The molecule has 3 fully saturated rings. The summed E-state index contributed by atoms with van der Waals surface area (Å²) in [5, 5.41) is 0. The summed E-state index contributed by atoms with van der Waals surface area (Å²) in [5.41, 5.74) is -1.59. The lowest BCUT2D eigenvalue weighted by Crippen LogP contribution is -2.65. The number of carbonyl (C=O) groups is 2. The maximum Gasteiger partial charge on any atom is 0.416 e. The van der Waals surface area contributed by atoms with E-state index < -0.39 is 35.8 Å². The Morgan fingerprint density at radius 3 is 2.77 bits per heavy atom. The third-order valence-electron chi connectivity index (χ3n) is 6.40. The Kier molecular flexibility index (Phi) is 5.95. The molecule has 0 saturated carbocycles. The van der Waals surface area contributed by atoms with Crippen molar-refractivity contribution in [3.63, 3.8) is 0 Å². The second-order valence-corrected chi connectivity index (χ2v) is 8.38. The predicted octanol–water partition coefficient (Wildman–Crippen LogP) is 3.23. The zero-order chi connectivity index (χ0) is 22.3. The van der Waals surface area contributed by atoms with E-state index in [0.717, 1.165) is 18.2 Å². The first kappa shape index (κ1) is 22.0. The Hall–Kier alpha value is -2.20. The van der Waals surface area contributed by atoms with Gasteiger partial charge >= 0.3 is 12.2 Å². The first-order valence-corrected chi connectivity index (χ1v) is 10.3. The Morgan fingerprint density at radius 1 is 1.29 bits per heavy atom. The third-order valence-corrected chi connectivity index (χ3v) is 6.40. The van der Waals surface area contributed by atoms with E-state index in [1.54, 1.807) is 16.7 Å². The van der Waals surface area contributed by atoms with Crippen molar-refractivity contribution < 1.29 is 36.6 Å². The molecular formula is C21H24F4N2O4. The minimum absolute atomic E-state index is 0.00440. The van der Waals surface area contributed by atoms with E-state index in [9.17, 15) is 27.2 Å². The number of likely N-dealkylation sites (tertiary alicyclic amines) is 2. The summed E-state index contributed by atoms with van der Waals surface area (Å²) in [6.45, 7) is 2.54. The monoisotopic (exact) mass is 444 g/mol. The Bertz CT molecular complexity index is 862. The molecular weight excluding hydrogens is 420 g/mol. The molecule has 10 heteroatoms. The van der Waals surface area contributed by atoms with Crippen LogP contribution in [-0.4, -0.2) is 66.1 Å². The van der Waals surface area contributed by atoms with Gasteiger partial charge in [-0.05, 0) is 25.5 Å². The fourth-order valence-electron chi connectivity index (χ4n) is 4.51. The van der Waals surface area contributed by atoms with Crippen LogP contribution in [0.4, 0.5) is 22.4 Å². The van der Waals surface area contributed by atoms with Crippen LogP contribution in [0.5, 0.6) is 0 Å². The maximum absolute atomic E-state index is 14.0. The summed E-state index contributed by atoms with van der Waals surface area (Å²) in [4.78, 5) is 27.8. The normalized spacial score (nSPS) is 28.9. The molecule has 1 aromatic carbocycles. The number of nitrogens with zero attached hydrogens (tertiary/aromatic N) is 2. The quantitative estimate of drug-likeness (QED) is 0.672. The molecule has 1 aromatic rings. The first-order chi connectivity index (χ1) is 14.6. The highest BCUT2D eigenvalue weighted by Gasteiger charge is 2.44. The van der Waals surface area contributed by atoms with Gasteiger partial charge in [0.05, 0.1) is 37.0 Å². The van der Waals surface area contributed by atoms with Crippen LogP contribution >= 0.6 is 0 Å². The number of benzene rings is 1. The lowest BCUT2D eigenvalue weighted by Gasteiger charge is -2.49. The van der Waals surface area contributed by atoms with Crippen molar-refractivity contribution in [2.24, 2.45) is 5.92 Å². The van der Waals surface area contributed by atoms with Crippen LogP contribution in [0.3, 0.4) is 0 Å². The number of alkyl halides is 3. The molecule has 31 heavy (non-hydrogen) atoms. The zero-order valence-electron chi connectivity index (χ0n) is 17.0. The van der Waals surface area contributed by atoms with Crippen LogP contribution in [-0.2, 0) is 27.1 Å². The van der Waals surface area contributed by atoms with E-state index in [-0.39, 0.29) is 43.0 Å². The minimum Gasteiger partial charge on any atom is -0.370 e. The number of hydrogen-bond donors (Lipinski definition) is 0.